The lowest BCUT2D eigenvalue weighted by molar-refractivity contribution is -0.135. The first-order valence-corrected chi connectivity index (χ1v) is 8.69. The Kier molecular flexibility index (Phi) is 4.35. The molecule has 0 amide bonds. The minimum Gasteiger partial charge on any atom is -0.465 e. The number of fused-ring (bicyclic) bond motifs is 1. The van der Waals surface area contributed by atoms with Gasteiger partial charge in [0, 0.05) is 17.3 Å². The van der Waals surface area contributed by atoms with Crippen LogP contribution in [0.1, 0.15) is 39.7 Å². The maximum Gasteiger partial charge on any atom is 0.337 e. The molecule has 142 valence electrons. The summed E-state index contributed by atoms with van der Waals surface area (Å²) in [5.41, 5.74) is 1.89. The van der Waals surface area contributed by atoms with E-state index in [0.717, 1.165) is 5.56 Å². The van der Waals surface area contributed by atoms with Crippen LogP contribution < -0.4 is 10.3 Å². The molecule has 0 spiro atoms. The van der Waals surface area contributed by atoms with Crippen LogP contribution in [-0.4, -0.2) is 24.0 Å². The summed E-state index contributed by atoms with van der Waals surface area (Å²) < 4.78 is 15.9. The number of aromatic nitrogens is 1. The molecule has 0 saturated carbocycles. The van der Waals surface area contributed by atoms with Crippen LogP contribution in [0.4, 0.5) is 0 Å². The third-order valence-electron chi connectivity index (χ3n) is 4.67. The number of aryl methyl sites for hydroxylation is 1. The van der Waals surface area contributed by atoms with Crippen molar-refractivity contribution < 1.29 is 23.5 Å². The highest BCUT2D eigenvalue weighted by Crippen LogP contribution is 2.38. The number of esters is 2. The fourth-order valence-electron chi connectivity index (χ4n) is 3.34. The molecule has 4 rings (SSSR count). The standard InChI is InChI=1S/C21H17NO6/c1-11-9-17-19(20(24)22-11)14(10-18(23)28-17)16-8-7-15(27-16)12-3-5-13(6-4-12)21(25)26-2/h3-9,14H,10H2,1-2H3,(H,22,24)/t14-/m0/s1. The van der Waals surface area contributed by atoms with Crippen molar-refractivity contribution in [2.45, 2.75) is 19.3 Å². The first-order chi connectivity index (χ1) is 13.5. The van der Waals surface area contributed by atoms with E-state index in [4.69, 9.17) is 9.15 Å². The van der Waals surface area contributed by atoms with Crippen molar-refractivity contribution in [3.63, 3.8) is 0 Å². The van der Waals surface area contributed by atoms with Crippen molar-refractivity contribution in [2.24, 2.45) is 0 Å². The summed E-state index contributed by atoms with van der Waals surface area (Å²) >= 11 is 0. The third-order valence-corrected chi connectivity index (χ3v) is 4.67. The van der Waals surface area contributed by atoms with Crippen LogP contribution in [-0.2, 0) is 9.53 Å². The average Bonchev–Trinajstić information content (AvgIpc) is 3.16. The van der Waals surface area contributed by atoms with Gasteiger partial charge >= 0.3 is 11.9 Å². The van der Waals surface area contributed by atoms with Crippen LogP contribution in [0.25, 0.3) is 11.3 Å². The number of benzene rings is 1. The number of nitrogens with one attached hydrogen (secondary N) is 1. The molecule has 0 saturated heterocycles. The van der Waals surface area contributed by atoms with Gasteiger partial charge in [0.05, 0.1) is 30.6 Å². The number of ether oxygens (including phenoxy) is 2. The molecule has 7 nitrogen and oxygen atoms in total. The van der Waals surface area contributed by atoms with Gasteiger partial charge in [0.1, 0.15) is 17.3 Å². The maximum absolute atomic E-state index is 12.4. The van der Waals surface area contributed by atoms with E-state index in [2.05, 4.69) is 9.72 Å². The third kappa shape index (κ3) is 3.11. The number of carbonyl (C=O) groups excluding carboxylic acids is 2. The molecule has 7 heteroatoms. The van der Waals surface area contributed by atoms with Crippen molar-refractivity contribution in [2.75, 3.05) is 7.11 Å². The Labute approximate surface area is 159 Å². The molecular weight excluding hydrogens is 362 g/mol. The van der Waals surface area contributed by atoms with E-state index in [0.29, 0.717) is 28.3 Å². The Balaban J connectivity index is 1.70. The van der Waals surface area contributed by atoms with E-state index in [1.165, 1.54) is 7.11 Å². The van der Waals surface area contributed by atoms with E-state index in [-0.39, 0.29) is 17.7 Å². The predicted octanol–water partition coefficient (Wildman–Crippen LogP) is 3.17. The van der Waals surface area contributed by atoms with Crippen LogP contribution >= 0.6 is 0 Å². The number of carbonyl (C=O) groups is 2. The first-order valence-electron chi connectivity index (χ1n) is 8.69. The molecule has 3 heterocycles. The van der Waals surface area contributed by atoms with Gasteiger partial charge in [-0.25, -0.2) is 4.79 Å². The molecule has 1 aromatic carbocycles. The monoisotopic (exact) mass is 379 g/mol. The second-order valence-corrected chi connectivity index (χ2v) is 6.56. The molecule has 1 aliphatic heterocycles. The second kappa shape index (κ2) is 6.84. The molecule has 0 bridgehead atoms. The zero-order valence-electron chi connectivity index (χ0n) is 15.3. The molecule has 3 aromatic rings. The van der Waals surface area contributed by atoms with E-state index >= 15 is 0 Å². The van der Waals surface area contributed by atoms with Crippen LogP contribution in [0.15, 0.2) is 51.7 Å². The fraction of sp³-hybridized carbons (Fsp3) is 0.190. The van der Waals surface area contributed by atoms with Crippen LogP contribution in [0.2, 0.25) is 0 Å². The molecule has 1 aliphatic rings. The Bertz CT molecular complexity index is 1120. The molecule has 2 aromatic heterocycles. The zero-order chi connectivity index (χ0) is 19.8. The average molecular weight is 379 g/mol. The lowest BCUT2D eigenvalue weighted by Crippen LogP contribution is -2.28. The largest absolute Gasteiger partial charge is 0.465 e. The second-order valence-electron chi connectivity index (χ2n) is 6.56. The summed E-state index contributed by atoms with van der Waals surface area (Å²) in [7, 11) is 1.32. The minimum absolute atomic E-state index is 0.0212. The number of aromatic amines is 1. The lowest BCUT2D eigenvalue weighted by atomic mass is 9.91. The van der Waals surface area contributed by atoms with Crippen molar-refractivity contribution in [1.82, 2.24) is 4.98 Å². The summed E-state index contributed by atoms with van der Waals surface area (Å²) in [4.78, 5) is 38.8. The highest BCUT2D eigenvalue weighted by molar-refractivity contribution is 5.89. The van der Waals surface area contributed by atoms with Gasteiger partial charge in [0.25, 0.3) is 5.56 Å². The summed E-state index contributed by atoms with van der Waals surface area (Å²) in [6.07, 6.45) is 0.0212. The number of pyridine rings is 1. The Morgan fingerprint density at radius 1 is 1.14 bits per heavy atom. The Hall–Kier alpha value is -3.61. The number of hydrogen-bond donors (Lipinski definition) is 1. The quantitative estimate of drug-likeness (QED) is 0.702. The van der Waals surface area contributed by atoms with Crippen LogP contribution in [0.5, 0.6) is 5.75 Å². The van der Waals surface area contributed by atoms with Gasteiger partial charge in [0.2, 0.25) is 0 Å². The lowest BCUT2D eigenvalue weighted by Gasteiger charge is -2.22. The van der Waals surface area contributed by atoms with E-state index in [1.807, 2.05) is 0 Å². The molecular formula is C21H17NO6. The fourth-order valence-corrected chi connectivity index (χ4v) is 3.34. The van der Waals surface area contributed by atoms with Gasteiger partial charge < -0.3 is 18.9 Å². The van der Waals surface area contributed by atoms with Gasteiger partial charge in [-0.05, 0) is 31.2 Å². The highest BCUT2D eigenvalue weighted by Gasteiger charge is 2.33. The number of rotatable bonds is 3. The van der Waals surface area contributed by atoms with Crippen LogP contribution in [0, 0.1) is 6.92 Å². The summed E-state index contributed by atoms with van der Waals surface area (Å²) in [6.45, 7) is 1.72. The zero-order valence-corrected chi connectivity index (χ0v) is 15.3. The molecule has 0 fully saturated rings. The van der Waals surface area contributed by atoms with Gasteiger partial charge in [-0.3, -0.25) is 9.59 Å². The molecule has 0 unspecified atom stereocenters. The van der Waals surface area contributed by atoms with Gasteiger partial charge in [-0.2, -0.15) is 0 Å². The smallest absolute Gasteiger partial charge is 0.337 e. The van der Waals surface area contributed by atoms with E-state index in [9.17, 15) is 14.4 Å². The van der Waals surface area contributed by atoms with Crippen molar-refractivity contribution in [1.29, 1.82) is 0 Å². The van der Waals surface area contributed by atoms with Crippen molar-refractivity contribution >= 4 is 11.9 Å². The number of hydrogen-bond acceptors (Lipinski definition) is 6. The van der Waals surface area contributed by atoms with E-state index in [1.54, 1.807) is 49.4 Å². The molecule has 1 N–H and O–H groups in total. The predicted molar refractivity (Wildman–Crippen MR) is 99.4 cm³/mol. The van der Waals surface area contributed by atoms with Crippen molar-refractivity contribution in [3.05, 3.63) is 75.4 Å². The first kappa shape index (κ1) is 17.8. The van der Waals surface area contributed by atoms with Crippen LogP contribution in [0.3, 0.4) is 0 Å². The van der Waals surface area contributed by atoms with Crippen molar-refractivity contribution in [3.8, 4) is 17.1 Å². The molecule has 28 heavy (non-hydrogen) atoms. The van der Waals surface area contributed by atoms with Gasteiger partial charge in [-0.15, -0.1) is 0 Å². The molecule has 0 radical (unpaired) electrons. The minimum atomic E-state index is -0.524. The molecule has 0 aliphatic carbocycles. The van der Waals surface area contributed by atoms with Gasteiger partial charge in [-0.1, -0.05) is 12.1 Å². The Morgan fingerprint density at radius 2 is 1.89 bits per heavy atom. The van der Waals surface area contributed by atoms with E-state index < -0.39 is 17.9 Å². The summed E-state index contributed by atoms with van der Waals surface area (Å²) in [5, 5.41) is 0. The summed E-state index contributed by atoms with van der Waals surface area (Å²) in [6, 6.07) is 11.9. The Morgan fingerprint density at radius 3 is 2.61 bits per heavy atom. The normalized spacial score (nSPS) is 15.6. The van der Waals surface area contributed by atoms with Gasteiger partial charge in [0.15, 0.2) is 0 Å². The molecule has 1 atom stereocenters. The SMILES string of the molecule is COC(=O)c1ccc(-c2ccc([C@@H]3CC(=O)Oc4cc(C)[nH]c(=O)c43)o2)cc1. The topological polar surface area (TPSA) is 98.6 Å². The summed E-state index contributed by atoms with van der Waals surface area (Å²) in [5.74, 6) is -0.0253. The maximum atomic E-state index is 12.4. The number of H-pyrrole nitrogens is 1. The highest BCUT2D eigenvalue weighted by atomic mass is 16.5. The number of methoxy groups -OCH3 is 1. The number of furan rings is 1.